The number of carbonyl (C=O) groups is 4. The molecule has 36 heavy (non-hydrogen) atoms. The zero-order chi connectivity index (χ0) is 25.6. The Morgan fingerprint density at radius 3 is 2.19 bits per heavy atom. The van der Waals surface area contributed by atoms with Gasteiger partial charge < -0.3 is 9.64 Å². The number of fused-ring (bicyclic) bond motifs is 1. The van der Waals surface area contributed by atoms with Crippen molar-refractivity contribution < 1.29 is 28.8 Å². The third-order valence-corrected chi connectivity index (χ3v) is 6.25. The van der Waals surface area contributed by atoms with E-state index in [1.165, 1.54) is 35.2 Å². The van der Waals surface area contributed by atoms with Gasteiger partial charge in [-0.15, -0.1) is 0 Å². The molecule has 10 heteroatoms. The minimum absolute atomic E-state index is 0.0536. The Hall–Kier alpha value is -4.86. The smallest absolute Gasteiger partial charge is 0.316 e. The Morgan fingerprint density at radius 1 is 0.972 bits per heavy atom. The van der Waals surface area contributed by atoms with Crippen molar-refractivity contribution in [2.75, 3.05) is 16.3 Å². The summed E-state index contributed by atoms with van der Waals surface area (Å²) in [6, 6.07) is 16.7. The van der Waals surface area contributed by atoms with Crippen LogP contribution < -0.4 is 14.5 Å². The molecule has 3 amide bonds. The van der Waals surface area contributed by atoms with Crippen LogP contribution in [0.25, 0.3) is 0 Å². The van der Waals surface area contributed by atoms with E-state index in [0.29, 0.717) is 28.1 Å². The van der Waals surface area contributed by atoms with Gasteiger partial charge in [-0.25, -0.2) is 4.90 Å². The summed E-state index contributed by atoms with van der Waals surface area (Å²) in [4.78, 5) is 63.6. The number of non-ortho nitro benzene ring substituents is 1. The first kappa shape index (κ1) is 22.9. The molecular formula is C26H19N3O7. The lowest BCUT2D eigenvalue weighted by molar-refractivity contribution is -0.384. The van der Waals surface area contributed by atoms with Gasteiger partial charge in [0.25, 0.3) is 17.5 Å². The van der Waals surface area contributed by atoms with Crippen molar-refractivity contribution in [2.45, 2.75) is 13.3 Å². The zero-order valence-corrected chi connectivity index (χ0v) is 19.0. The molecule has 5 rings (SSSR count). The molecule has 180 valence electrons. The van der Waals surface area contributed by atoms with E-state index in [2.05, 4.69) is 0 Å². The number of amides is 3. The van der Waals surface area contributed by atoms with E-state index in [9.17, 15) is 29.3 Å². The minimum Gasteiger partial charge on any atom is -0.426 e. The standard InChI is InChI=1S/C26H19N3O7/c1-15-12-19(10-11-22(15)28-24(31)20-4-2-3-5-21(20)25(28)32)36-26(33)16-13-23(30)27(14-16)17-6-8-18(9-7-17)29(34)35/h2-12,16H,13-14H2,1H3/t16-/m1/s1. The normalized spacial score (nSPS) is 16.9. The molecule has 1 atom stereocenters. The molecule has 2 aliphatic heterocycles. The van der Waals surface area contributed by atoms with E-state index in [4.69, 9.17) is 4.74 Å². The Labute approximate surface area is 204 Å². The summed E-state index contributed by atoms with van der Waals surface area (Å²) in [6.45, 7) is 1.78. The van der Waals surface area contributed by atoms with Crippen LogP contribution >= 0.6 is 0 Å². The summed E-state index contributed by atoms with van der Waals surface area (Å²) in [6.07, 6.45) is -0.0536. The van der Waals surface area contributed by atoms with Gasteiger partial charge in [-0.2, -0.15) is 0 Å². The first-order valence-corrected chi connectivity index (χ1v) is 11.1. The predicted molar refractivity (Wildman–Crippen MR) is 128 cm³/mol. The van der Waals surface area contributed by atoms with Crippen LogP contribution in [0.2, 0.25) is 0 Å². The number of anilines is 2. The first-order chi connectivity index (χ1) is 17.2. The lowest BCUT2D eigenvalue weighted by Gasteiger charge is -2.18. The number of hydrogen-bond donors (Lipinski definition) is 0. The second kappa shape index (κ2) is 8.73. The number of rotatable bonds is 5. The Morgan fingerprint density at radius 2 is 1.61 bits per heavy atom. The molecule has 10 nitrogen and oxygen atoms in total. The van der Waals surface area contributed by atoms with Crippen molar-refractivity contribution in [3.8, 4) is 5.75 Å². The van der Waals surface area contributed by atoms with E-state index in [0.717, 1.165) is 4.90 Å². The highest BCUT2D eigenvalue weighted by Crippen LogP contribution is 2.33. The molecule has 0 radical (unpaired) electrons. The summed E-state index contributed by atoms with van der Waals surface area (Å²) in [5.41, 5.74) is 1.98. The van der Waals surface area contributed by atoms with Crippen LogP contribution in [0.1, 0.15) is 32.7 Å². The van der Waals surface area contributed by atoms with Crippen molar-refractivity contribution >= 4 is 40.8 Å². The SMILES string of the molecule is Cc1cc(OC(=O)[C@@H]2CC(=O)N(c3ccc([N+](=O)[O-])cc3)C2)ccc1N1C(=O)c2ccccc2C1=O. The van der Waals surface area contributed by atoms with E-state index in [-0.39, 0.29) is 30.3 Å². The monoisotopic (exact) mass is 485 g/mol. The van der Waals surface area contributed by atoms with Gasteiger partial charge in [0.1, 0.15) is 5.75 Å². The molecule has 3 aromatic carbocycles. The van der Waals surface area contributed by atoms with Gasteiger partial charge in [-0.1, -0.05) is 12.1 Å². The number of nitro groups is 1. The molecule has 2 aliphatic rings. The molecule has 0 bridgehead atoms. The van der Waals surface area contributed by atoms with E-state index in [1.54, 1.807) is 43.3 Å². The summed E-state index contributed by atoms with van der Waals surface area (Å²) in [5, 5.41) is 10.8. The molecule has 0 N–H and O–H groups in total. The molecule has 0 aliphatic carbocycles. The van der Waals surface area contributed by atoms with Crippen molar-refractivity contribution in [1.82, 2.24) is 0 Å². The van der Waals surface area contributed by atoms with Gasteiger partial charge in [0.2, 0.25) is 5.91 Å². The Balaban J connectivity index is 1.28. The number of imide groups is 1. The fourth-order valence-electron chi connectivity index (χ4n) is 4.42. The number of nitrogens with zero attached hydrogens (tertiary/aromatic N) is 3. The lowest BCUT2D eigenvalue weighted by Crippen LogP contribution is -2.30. The van der Waals surface area contributed by atoms with Gasteiger partial charge in [0, 0.05) is 30.8 Å². The number of nitro benzene ring substituents is 1. The maximum atomic E-state index is 12.8. The van der Waals surface area contributed by atoms with Crippen molar-refractivity contribution in [3.63, 3.8) is 0 Å². The fourth-order valence-corrected chi connectivity index (χ4v) is 4.42. The van der Waals surface area contributed by atoms with Crippen LogP contribution in [0.4, 0.5) is 17.1 Å². The second-order valence-corrected chi connectivity index (χ2v) is 8.54. The molecular weight excluding hydrogens is 466 g/mol. The maximum Gasteiger partial charge on any atom is 0.316 e. The molecule has 1 saturated heterocycles. The molecule has 0 aromatic heterocycles. The summed E-state index contributed by atoms with van der Waals surface area (Å²) < 4.78 is 5.50. The summed E-state index contributed by atoms with van der Waals surface area (Å²) in [5.74, 6) is -2.22. The van der Waals surface area contributed by atoms with Crippen LogP contribution in [0.5, 0.6) is 5.75 Å². The molecule has 2 heterocycles. The third kappa shape index (κ3) is 3.88. The molecule has 0 spiro atoms. The number of carbonyl (C=O) groups excluding carboxylic acids is 4. The highest BCUT2D eigenvalue weighted by atomic mass is 16.6. The van der Waals surface area contributed by atoms with Crippen LogP contribution in [0.3, 0.4) is 0 Å². The predicted octanol–water partition coefficient (Wildman–Crippen LogP) is 3.66. The summed E-state index contributed by atoms with van der Waals surface area (Å²) in [7, 11) is 0. The highest BCUT2D eigenvalue weighted by Gasteiger charge is 2.38. The molecule has 3 aromatic rings. The van der Waals surface area contributed by atoms with Gasteiger partial charge in [0.15, 0.2) is 0 Å². The highest BCUT2D eigenvalue weighted by molar-refractivity contribution is 6.34. The Bertz CT molecular complexity index is 1410. The third-order valence-electron chi connectivity index (χ3n) is 6.25. The van der Waals surface area contributed by atoms with Crippen molar-refractivity contribution in [3.05, 3.63) is 93.5 Å². The zero-order valence-electron chi connectivity index (χ0n) is 19.0. The molecule has 0 unspecified atom stereocenters. The topological polar surface area (TPSA) is 127 Å². The Kier molecular flexibility index (Phi) is 5.56. The molecule has 1 fully saturated rings. The second-order valence-electron chi connectivity index (χ2n) is 8.54. The first-order valence-electron chi connectivity index (χ1n) is 11.1. The van der Waals surface area contributed by atoms with Crippen LogP contribution in [0.15, 0.2) is 66.7 Å². The maximum absolute atomic E-state index is 12.8. The van der Waals surface area contributed by atoms with Gasteiger partial charge in [-0.05, 0) is 55.0 Å². The number of benzene rings is 3. The quantitative estimate of drug-likeness (QED) is 0.177. The van der Waals surface area contributed by atoms with Crippen molar-refractivity contribution in [1.29, 1.82) is 0 Å². The van der Waals surface area contributed by atoms with E-state index >= 15 is 0 Å². The number of hydrogen-bond acceptors (Lipinski definition) is 7. The van der Waals surface area contributed by atoms with Gasteiger partial charge in [-0.3, -0.25) is 29.3 Å². The number of esters is 1. The molecule has 0 saturated carbocycles. The number of ether oxygens (including phenoxy) is 1. The lowest BCUT2D eigenvalue weighted by atomic mass is 10.1. The van der Waals surface area contributed by atoms with Crippen molar-refractivity contribution in [2.24, 2.45) is 5.92 Å². The van der Waals surface area contributed by atoms with Crippen LogP contribution in [-0.4, -0.2) is 35.2 Å². The largest absolute Gasteiger partial charge is 0.426 e. The van der Waals surface area contributed by atoms with E-state index < -0.39 is 28.6 Å². The van der Waals surface area contributed by atoms with Crippen LogP contribution in [-0.2, 0) is 9.59 Å². The van der Waals surface area contributed by atoms with Gasteiger partial charge in [0.05, 0.1) is 27.7 Å². The number of aryl methyl sites for hydroxylation is 1. The fraction of sp³-hybridized carbons (Fsp3) is 0.154. The summed E-state index contributed by atoms with van der Waals surface area (Å²) >= 11 is 0. The minimum atomic E-state index is -0.719. The average molecular weight is 485 g/mol. The van der Waals surface area contributed by atoms with Crippen LogP contribution in [0, 0.1) is 23.0 Å². The average Bonchev–Trinajstić information content (AvgIpc) is 3.37. The van der Waals surface area contributed by atoms with Gasteiger partial charge >= 0.3 is 5.97 Å². The van der Waals surface area contributed by atoms with E-state index in [1.807, 2.05) is 0 Å².